The van der Waals surface area contributed by atoms with Gasteiger partial charge in [0.1, 0.15) is 6.10 Å². The van der Waals surface area contributed by atoms with Crippen LogP contribution in [0.4, 0.5) is 0 Å². The molecule has 0 amide bonds. The van der Waals surface area contributed by atoms with E-state index >= 15 is 0 Å². The van der Waals surface area contributed by atoms with Gasteiger partial charge in [0.25, 0.3) is 0 Å². The lowest BCUT2D eigenvalue weighted by molar-refractivity contribution is -0.235. The molecule has 0 heterocycles. The third-order valence-electron chi connectivity index (χ3n) is 17.1. The van der Waals surface area contributed by atoms with E-state index in [1.165, 1.54) is 16.7 Å². The highest BCUT2D eigenvalue weighted by Crippen LogP contribution is 2.77. The van der Waals surface area contributed by atoms with Crippen molar-refractivity contribution in [2.75, 3.05) is 27.7 Å². The van der Waals surface area contributed by atoms with Crippen molar-refractivity contribution in [3.8, 4) is 0 Å². The largest absolute Gasteiger partial charge is 0.481 e. The van der Waals surface area contributed by atoms with Crippen LogP contribution in [0, 0.1) is 56.2 Å². The van der Waals surface area contributed by atoms with E-state index in [0.29, 0.717) is 31.3 Å². The zero-order valence-electron chi connectivity index (χ0n) is 37.2. The van der Waals surface area contributed by atoms with Crippen molar-refractivity contribution in [3.63, 3.8) is 0 Å². The second kappa shape index (κ2) is 15.3. The first-order valence-corrected chi connectivity index (χ1v) is 22.2. The van der Waals surface area contributed by atoms with Crippen molar-refractivity contribution in [1.29, 1.82) is 0 Å². The maximum absolute atomic E-state index is 14.3. The topological polar surface area (TPSA) is 107 Å². The Morgan fingerprint density at radius 3 is 2.23 bits per heavy atom. The van der Waals surface area contributed by atoms with E-state index in [1.54, 1.807) is 13.8 Å². The average Bonchev–Trinajstić information content (AvgIpc) is 3.40. The predicted molar refractivity (Wildman–Crippen MR) is 227 cm³/mol. The SMILES string of the molecule is CC(C)C1=C2[C@H]3CC[C@@H]4[C@@]5(C)CC[C@H](OC(=O)CC(C)(C)C(=O)O)C(C)(C)[C@@H]5CC[C@@]4(C)[C@]3(C)CC[C@@]2([C@@H](O)CN(C)Cc2ccc(Cl)cc2CN(C)C)CC1=O. The minimum Gasteiger partial charge on any atom is -0.481 e. The molecule has 5 aliphatic carbocycles. The average molecular weight is 810 g/mol. The summed E-state index contributed by atoms with van der Waals surface area (Å²) in [7, 11) is 6.21. The lowest BCUT2D eigenvalue weighted by Gasteiger charge is -2.72. The highest BCUT2D eigenvalue weighted by Gasteiger charge is 2.70. The first kappa shape index (κ1) is 44.3. The number of Topliss-reactive ketones (excluding diaryl/α,β-unsaturated/α-hetero) is 1. The lowest BCUT2D eigenvalue weighted by Crippen LogP contribution is -2.66. The summed E-state index contributed by atoms with van der Waals surface area (Å²) in [5, 5.41) is 22.9. The molecule has 9 heteroatoms. The zero-order valence-corrected chi connectivity index (χ0v) is 37.9. The monoisotopic (exact) mass is 809 g/mol. The number of carboxylic acid groups (broad SMARTS) is 1. The van der Waals surface area contributed by atoms with Crippen LogP contribution in [-0.4, -0.2) is 77.6 Å². The van der Waals surface area contributed by atoms with Crippen molar-refractivity contribution in [3.05, 3.63) is 45.5 Å². The number of halogens is 1. The Labute approximate surface area is 348 Å². The number of nitrogens with zero attached hydrogens (tertiary/aromatic N) is 2. The normalized spacial score (nSPS) is 35.5. The summed E-state index contributed by atoms with van der Waals surface area (Å²) >= 11 is 6.42. The van der Waals surface area contributed by atoms with E-state index in [0.717, 1.165) is 68.5 Å². The number of benzene rings is 1. The van der Waals surface area contributed by atoms with Gasteiger partial charge < -0.3 is 19.8 Å². The smallest absolute Gasteiger partial charge is 0.309 e. The van der Waals surface area contributed by atoms with E-state index in [1.807, 2.05) is 12.1 Å². The number of allylic oxidation sites excluding steroid dienone is 1. The Balaban J connectivity index is 1.26. The van der Waals surface area contributed by atoms with E-state index in [4.69, 9.17) is 16.3 Å². The van der Waals surface area contributed by atoms with Gasteiger partial charge in [-0.3, -0.25) is 19.3 Å². The van der Waals surface area contributed by atoms with Gasteiger partial charge in [0.05, 0.1) is 17.9 Å². The van der Waals surface area contributed by atoms with E-state index in [9.17, 15) is 24.6 Å². The van der Waals surface area contributed by atoms with Crippen LogP contribution >= 0.6 is 11.6 Å². The van der Waals surface area contributed by atoms with Crippen molar-refractivity contribution in [2.24, 2.45) is 56.2 Å². The molecule has 318 valence electrons. The van der Waals surface area contributed by atoms with Gasteiger partial charge in [0.2, 0.25) is 0 Å². The second-order valence-corrected chi connectivity index (χ2v) is 22.4. The molecule has 8 nitrogen and oxygen atoms in total. The second-order valence-electron chi connectivity index (χ2n) is 21.9. The number of hydrogen-bond donors (Lipinski definition) is 2. The number of aliphatic hydroxyl groups excluding tert-OH is 1. The quantitative estimate of drug-likeness (QED) is 0.201. The Hall–Kier alpha value is -2.26. The van der Waals surface area contributed by atoms with Crippen LogP contribution in [0.3, 0.4) is 0 Å². The molecule has 5 aliphatic rings. The standard InChI is InChI=1S/C48H73ClN2O6/c1-29(2)40-34(52)24-48(37(53)28-51(12)27-30-13-14-32(49)23-31(30)26-50(10)11)22-21-46(8)33(41(40)48)15-16-36-45(7)19-18-38(57-39(54)25-43(3,4)42(55)56)44(5,6)35(45)17-20-47(36,46)9/h13-14,23,29,33,35-38,53H,15-22,24-28H2,1-12H3,(H,55,56)/t33-,35+,36-,37+,38+,45+,46-,47-,48+/m1/s1. The van der Waals surface area contributed by atoms with Gasteiger partial charge >= 0.3 is 11.9 Å². The molecule has 0 aliphatic heterocycles. The molecule has 0 radical (unpaired) electrons. The number of esters is 1. The molecule has 0 unspecified atom stereocenters. The molecule has 57 heavy (non-hydrogen) atoms. The maximum Gasteiger partial charge on any atom is 0.309 e. The van der Waals surface area contributed by atoms with Gasteiger partial charge in [-0.1, -0.05) is 71.7 Å². The number of aliphatic carboxylic acids is 1. The fourth-order valence-corrected chi connectivity index (χ4v) is 14.2. The van der Waals surface area contributed by atoms with Crippen LogP contribution in [-0.2, 0) is 32.2 Å². The Kier molecular flexibility index (Phi) is 11.9. The van der Waals surface area contributed by atoms with Crippen LogP contribution in [0.25, 0.3) is 0 Å². The van der Waals surface area contributed by atoms with Gasteiger partial charge in [0.15, 0.2) is 5.78 Å². The Morgan fingerprint density at radius 1 is 0.912 bits per heavy atom. The molecule has 9 atom stereocenters. The maximum atomic E-state index is 14.3. The minimum absolute atomic E-state index is 0.0284. The van der Waals surface area contributed by atoms with Crippen molar-refractivity contribution in [1.82, 2.24) is 9.80 Å². The van der Waals surface area contributed by atoms with Gasteiger partial charge in [-0.2, -0.15) is 0 Å². The molecule has 0 spiro atoms. The summed E-state index contributed by atoms with van der Waals surface area (Å²) in [6, 6.07) is 6.10. The summed E-state index contributed by atoms with van der Waals surface area (Å²) in [6.45, 7) is 21.7. The van der Waals surface area contributed by atoms with Crippen LogP contribution in [0.5, 0.6) is 0 Å². The number of carboxylic acids is 1. The summed E-state index contributed by atoms with van der Waals surface area (Å²) in [6.07, 6.45) is 7.13. The number of rotatable bonds is 12. The molecule has 1 aromatic carbocycles. The minimum atomic E-state index is -1.17. The fraction of sp³-hybridized carbons (Fsp3) is 0.771. The molecular weight excluding hydrogens is 736 g/mol. The lowest BCUT2D eigenvalue weighted by atomic mass is 9.33. The molecule has 0 bridgehead atoms. The summed E-state index contributed by atoms with van der Waals surface area (Å²) in [4.78, 5) is 43.6. The van der Waals surface area contributed by atoms with Crippen molar-refractivity contribution >= 4 is 29.3 Å². The fourth-order valence-electron chi connectivity index (χ4n) is 14.0. The van der Waals surface area contributed by atoms with E-state index in [2.05, 4.69) is 85.5 Å². The van der Waals surface area contributed by atoms with Gasteiger partial charge in [-0.25, -0.2) is 0 Å². The summed E-state index contributed by atoms with van der Waals surface area (Å²) in [5.74, 6) is 0.00261. The zero-order chi connectivity index (χ0) is 42.3. The van der Waals surface area contributed by atoms with Gasteiger partial charge in [-0.05, 0) is 155 Å². The van der Waals surface area contributed by atoms with Crippen LogP contribution in [0.2, 0.25) is 5.02 Å². The Bertz CT molecular complexity index is 1780. The predicted octanol–water partition coefficient (Wildman–Crippen LogP) is 9.59. The first-order chi connectivity index (χ1) is 26.3. The number of ketones is 1. The molecular formula is C48H73ClN2O6. The molecule has 2 N–H and O–H groups in total. The first-order valence-electron chi connectivity index (χ1n) is 21.8. The molecule has 4 fully saturated rings. The number of carbonyl (C=O) groups excluding carboxylic acids is 2. The highest BCUT2D eigenvalue weighted by atomic mass is 35.5. The molecule has 0 aromatic heterocycles. The van der Waals surface area contributed by atoms with Crippen molar-refractivity contribution < 1.29 is 29.3 Å². The third kappa shape index (κ3) is 7.37. The molecule has 4 saturated carbocycles. The summed E-state index contributed by atoms with van der Waals surface area (Å²) < 4.78 is 6.19. The molecule has 6 rings (SSSR count). The number of hydrogen-bond acceptors (Lipinski definition) is 7. The Morgan fingerprint density at radius 2 is 1.60 bits per heavy atom. The van der Waals surface area contributed by atoms with Crippen LogP contribution in [0.1, 0.15) is 138 Å². The summed E-state index contributed by atoms with van der Waals surface area (Å²) in [5.41, 5.74) is 2.77. The van der Waals surface area contributed by atoms with Crippen molar-refractivity contribution in [2.45, 2.75) is 152 Å². The van der Waals surface area contributed by atoms with E-state index < -0.39 is 28.9 Å². The highest BCUT2D eigenvalue weighted by molar-refractivity contribution is 6.30. The third-order valence-corrected chi connectivity index (χ3v) is 17.3. The molecule has 1 aromatic rings. The van der Waals surface area contributed by atoms with E-state index in [-0.39, 0.29) is 51.8 Å². The number of carbonyl (C=O) groups is 3. The van der Waals surface area contributed by atoms with Crippen LogP contribution < -0.4 is 0 Å². The van der Waals surface area contributed by atoms with Gasteiger partial charge in [-0.15, -0.1) is 0 Å². The van der Waals surface area contributed by atoms with Gasteiger partial charge in [0, 0.05) is 41.9 Å². The number of likely N-dealkylation sites (N-methyl/N-ethyl adjacent to an activating group) is 1. The number of fused-ring (bicyclic) bond motifs is 7. The number of aliphatic hydroxyl groups is 1. The molecule has 0 saturated heterocycles. The van der Waals surface area contributed by atoms with Crippen LogP contribution in [0.15, 0.2) is 29.3 Å². The number of ether oxygens (including phenoxy) is 1.